The molecule has 0 atom stereocenters. The van der Waals surface area contributed by atoms with Crippen molar-refractivity contribution in [2.75, 3.05) is 6.61 Å². The van der Waals surface area contributed by atoms with Crippen LogP contribution in [0.5, 0.6) is 5.75 Å². The summed E-state index contributed by atoms with van der Waals surface area (Å²) in [4.78, 5) is 22.7. The number of hydrogen-bond acceptors (Lipinski definition) is 3. The predicted octanol–water partition coefficient (Wildman–Crippen LogP) is 1.37. The van der Waals surface area contributed by atoms with Crippen molar-refractivity contribution in [3.05, 3.63) is 35.4 Å². The number of carboxylic acid groups (broad SMARTS) is 1. The Morgan fingerprint density at radius 3 is 2.85 bits per heavy atom. The zero-order chi connectivity index (χ0) is 14.2. The molecular weight excluding hydrogens is 258 g/mol. The molecule has 0 aromatic heterocycles. The zero-order valence-electron chi connectivity index (χ0n) is 10.9. The number of amides is 1. The lowest BCUT2D eigenvalue weighted by atomic mass is 10.1. The lowest BCUT2D eigenvalue weighted by molar-refractivity contribution is -0.142. The molecule has 0 radical (unpaired) electrons. The first-order valence-corrected chi connectivity index (χ1v) is 6.58. The number of benzene rings is 1. The molecule has 1 heterocycles. The van der Waals surface area contributed by atoms with Crippen LogP contribution in [0.25, 0.3) is 6.08 Å². The highest BCUT2D eigenvalue weighted by molar-refractivity contribution is 5.97. The molecule has 5 nitrogen and oxygen atoms in total. The number of ether oxygens (including phenoxy) is 1. The minimum absolute atomic E-state index is 0.373. The summed E-state index contributed by atoms with van der Waals surface area (Å²) in [5, 5.41) is 11.5. The standard InChI is InChI=1S/C15H15NO4/c17-13(16-15(6-7-15)14(18)19)4-2-10-1-3-12-11(9-10)5-8-20-12/h1-4,9H,5-8H2,(H,16,17)(H,18,19)/b4-2+. The molecule has 1 aliphatic heterocycles. The number of carboxylic acids is 1. The van der Waals surface area contributed by atoms with Crippen molar-refractivity contribution >= 4 is 18.0 Å². The zero-order valence-corrected chi connectivity index (χ0v) is 10.9. The van der Waals surface area contributed by atoms with Crippen molar-refractivity contribution in [2.24, 2.45) is 0 Å². The molecular formula is C15H15NO4. The summed E-state index contributed by atoms with van der Waals surface area (Å²) < 4.78 is 5.41. The molecule has 0 spiro atoms. The molecule has 104 valence electrons. The normalized spacial score (nSPS) is 18.4. The number of aliphatic carboxylic acids is 1. The Morgan fingerprint density at radius 1 is 1.35 bits per heavy atom. The third kappa shape index (κ3) is 2.39. The largest absolute Gasteiger partial charge is 0.493 e. The monoisotopic (exact) mass is 273 g/mol. The Labute approximate surface area is 116 Å². The summed E-state index contributed by atoms with van der Waals surface area (Å²) in [6, 6.07) is 5.74. The van der Waals surface area contributed by atoms with Gasteiger partial charge in [-0.15, -0.1) is 0 Å². The van der Waals surface area contributed by atoms with Gasteiger partial charge in [0.25, 0.3) is 0 Å². The molecule has 20 heavy (non-hydrogen) atoms. The van der Waals surface area contributed by atoms with E-state index < -0.39 is 11.5 Å². The fourth-order valence-corrected chi connectivity index (χ4v) is 2.28. The maximum absolute atomic E-state index is 11.7. The maximum Gasteiger partial charge on any atom is 0.329 e. The quantitative estimate of drug-likeness (QED) is 0.812. The van der Waals surface area contributed by atoms with Crippen molar-refractivity contribution < 1.29 is 19.4 Å². The van der Waals surface area contributed by atoms with Gasteiger partial charge in [-0.2, -0.15) is 0 Å². The minimum atomic E-state index is -1.03. The van der Waals surface area contributed by atoms with Crippen LogP contribution in [0.2, 0.25) is 0 Å². The second-order valence-electron chi connectivity index (χ2n) is 5.18. The van der Waals surface area contributed by atoms with Gasteiger partial charge in [0.1, 0.15) is 11.3 Å². The van der Waals surface area contributed by atoms with Crippen LogP contribution >= 0.6 is 0 Å². The number of rotatable bonds is 4. The molecule has 0 unspecified atom stereocenters. The maximum atomic E-state index is 11.7. The molecule has 1 amide bonds. The van der Waals surface area contributed by atoms with Gasteiger partial charge in [-0.3, -0.25) is 4.79 Å². The van der Waals surface area contributed by atoms with Crippen LogP contribution in [0.3, 0.4) is 0 Å². The van der Waals surface area contributed by atoms with Crippen molar-refractivity contribution in [1.29, 1.82) is 0 Å². The van der Waals surface area contributed by atoms with Crippen LogP contribution in [-0.4, -0.2) is 29.1 Å². The van der Waals surface area contributed by atoms with Crippen molar-refractivity contribution in [2.45, 2.75) is 24.8 Å². The number of nitrogens with one attached hydrogen (secondary N) is 1. The first-order chi connectivity index (χ1) is 9.59. The van der Waals surface area contributed by atoms with Crippen molar-refractivity contribution in [1.82, 2.24) is 5.32 Å². The SMILES string of the molecule is O=C(/C=C/c1ccc2c(c1)CCO2)NC1(C(=O)O)CC1. The van der Waals surface area contributed by atoms with E-state index in [-0.39, 0.29) is 5.91 Å². The van der Waals surface area contributed by atoms with E-state index in [1.54, 1.807) is 6.08 Å². The number of carbonyl (C=O) groups excluding carboxylic acids is 1. The van der Waals surface area contributed by atoms with Gasteiger partial charge >= 0.3 is 5.97 Å². The van der Waals surface area contributed by atoms with E-state index in [1.807, 2.05) is 18.2 Å². The van der Waals surface area contributed by atoms with Gasteiger partial charge in [0, 0.05) is 12.5 Å². The molecule has 1 aromatic rings. The van der Waals surface area contributed by atoms with Crippen LogP contribution < -0.4 is 10.1 Å². The van der Waals surface area contributed by atoms with Crippen molar-refractivity contribution in [3.63, 3.8) is 0 Å². The topological polar surface area (TPSA) is 75.6 Å². The molecule has 0 bridgehead atoms. The van der Waals surface area contributed by atoms with Crippen LogP contribution in [0, 0.1) is 0 Å². The van der Waals surface area contributed by atoms with Crippen LogP contribution in [-0.2, 0) is 16.0 Å². The summed E-state index contributed by atoms with van der Waals surface area (Å²) >= 11 is 0. The average Bonchev–Trinajstić information content (AvgIpc) is 3.05. The predicted molar refractivity (Wildman–Crippen MR) is 72.4 cm³/mol. The van der Waals surface area contributed by atoms with Gasteiger partial charge in [-0.25, -0.2) is 4.79 Å². The third-order valence-electron chi connectivity index (χ3n) is 3.66. The Kier molecular flexibility index (Phi) is 2.97. The van der Waals surface area contributed by atoms with E-state index >= 15 is 0 Å². The average molecular weight is 273 g/mol. The minimum Gasteiger partial charge on any atom is -0.493 e. The third-order valence-corrected chi connectivity index (χ3v) is 3.66. The van der Waals surface area contributed by atoms with Gasteiger partial charge < -0.3 is 15.2 Å². The van der Waals surface area contributed by atoms with Gasteiger partial charge in [0.2, 0.25) is 5.91 Å². The van der Waals surface area contributed by atoms with E-state index in [9.17, 15) is 9.59 Å². The molecule has 5 heteroatoms. The van der Waals surface area contributed by atoms with Gasteiger partial charge in [-0.1, -0.05) is 6.07 Å². The molecule has 3 rings (SSSR count). The first-order valence-electron chi connectivity index (χ1n) is 6.58. The Morgan fingerprint density at radius 2 is 2.15 bits per heavy atom. The fourth-order valence-electron chi connectivity index (χ4n) is 2.28. The number of fused-ring (bicyclic) bond motifs is 1. The molecule has 1 fully saturated rings. The highest BCUT2D eigenvalue weighted by Gasteiger charge is 2.51. The van der Waals surface area contributed by atoms with Crippen LogP contribution in [0.4, 0.5) is 0 Å². The molecule has 1 aliphatic carbocycles. The summed E-state index contributed by atoms with van der Waals surface area (Å²) in [5.41, 5.74) is 1.01. The second kappa shape index (κ2) is 4.67. The van der Waals surface area contributed by atoms with Gasteiger partial charge in [-0.05, 0) is 42.2 Å². The van der Waals surface area contributed by atoms with E-state index in [2.05, 4.69) is 5.32 Å². The fraction of sp³-hybridized carbons (Fsp3) is 0.333. The lowest BCUT2D eigenvalue weighted by Crippen LogP contribution is -2.42. The Balaban J connectivity index is 1.65. The summed E-state index contributed by atoms with van der Waals surface area (Å²) in [7, 11) is 0. The van der Waals surface area contributed by atoms with E-state index in [0.717, 1.165) is 23.3 Å². The molecule has 1 saturated carbocycles. The van der Waals surface area contributed by atoms with Gasteiger partial charge in [0.05, 0.1) is 6.61 Å². The summed E-state index contributed by atoms with van der Waals surface area (Å²) in [6.07, 6.45) is 4.94. The van der Waals surface area contributed by atoms with Crippen LogP contribution in [0.1, 0.15) is 24.0 Å². The Hall–Kier alpha value is -2.30. The van der Waals surface area contributed by atoms with E-state index in [4.69, 9.17) is 9.84 Å². The molecule has 2 N–H and O–H groups in total. The second-order valence-corrected chi connectivity index (χ2v) is 5.18. The van der Waals surface area contributed by atoms with Gasteiger partial charge in [0.15, 0.2) is 0 Å². The lowest BCUT2D eigenvalue weighted by Gasteiger charge is -2.09. The highest BCUT2D eigenvalue weighted by atomic mass is 16.5. The first kappa shape index (κ1) is 12.7. The summed E-state index contributed by atoms with van der Waals surface area (Å²) in [5.74, 6) is -0.440. The van der Waals surface area contributed by atoms with Crippen molar-refractivity contribution in [3.8, 4) is 5.75 Å². The Bertz CT molecular complexity index is 602. The summed E-state index contributed by atoms with van der Waals surface area (Å²) in [6.45, 7) is 0.699. The molecule has 1 aromatic carbocycles. The van der Waals surface area contributed by atoms with Crippen LogP contribution in [0.15, 0.2) is 24.3 Å². The van der Waals surface area contributed by atoms with E-state index in [1.165, 1.54) is 6.08 Å². The molecule has 0 saturated heterocycles. The number of hydrogen-bond donors (Lipinski definition) is 2. The van der Waals surface area contributed by atoms with E-state index in [0.29, 0.717) is 19.4 Å². The molecule has 2 aliphatic rings. The number of carbonyl (C=O) groups is 2. The highest BCUT2D eigenvalue weighted by Crippen LogP contribution is 2.35. The smallest absolute Gasteiger partial charge is 0.329 e.